The van der Waals surface area contributed by atoms with Gasteiger partial charge in [-0.15, -0.1) is 0 Å². The van der Waals surface area contributed by atoms with E-state index in [-0.39, 0.29) is 0 Å². The molecule has 90 valence electrons. The zero-order valence-corrected chi connectivity index (χ0v) is 10.5. The first-order chi connectivity index (χ1) is 8.83. The molecule has 3 heteroatoms. The minimum absolute atomic E-state index is 1.04. The second-order valence-electron chi connectivity index (χ2n) is 4.21. The van der Waals surface area contributed by atoms with Crippen molar-refractivity contribution in [2.45, 2.75) is 0 Å². The lowest BCUT2D eigenvalue weighted by atomic mass is 10.2. The number of benzene rings is 2. The quantitative estimate of drug-likeness (QED) is 0.627. The molecule has 0 radical (unpaired) electrons. The Labute approximate surface area is 106 Å². The number of hydrogen-bond acceptors (Lipinski definition) is 1. The molecule has 0 saturated carbocycles. The Morgan fingerprint density at radius 3 is 2.33 bits per heavy atom. The van der Waals surface area contributed by atoms with Crippen molar-refractivity contribution < 1.29 is 9.40 Å². The lowest BCUT2D eigenvalue weighted by molar-refractivity contribution is -0.635. The van der Waals surface area contributed by atoms with E-state index in [1.54, 1.807) is 7.11 Å². The summed E-state index contributed by atoms with van der Waals surface area (Å²) in [5, 5.41) is 0. The van der Waals surface area contributed by atoms with Gasteiger partial charge in [-0.3, -0.25) is 0 Å². The van der Waals surface area contributed by atoms with Crippen LogP contribution in [0.5, 0.6) is 0 Å². The summed E-state index contributed by atoms with van der Waals surface area (Å²) in [6.07, 6.45) is 0. The second kappa shape index (κ2) is 4.18. The van der Waals surface area contributed by atoms with E-state index in [0.717, 1.165) is 22.4 Å². The topological polar surface area (TPSA) is 18.0 Å². The van der Waals surface area contributed by atoms with Crippen LogP contribution in [0.3, 0.4) is 0 Å². The average molecular weight is 239 g/mol. The highest BCUT2D eigenvalue weighted by Crippen LogP contribution is 2.21. The second-order valence-corrected chi connectivity index (χ2v) is 4.21. The van der Waals surface area contributed by atoms with Crippen molar-refractivity contribution in [1.29, 1.82) is 0 Å². The van der Waals surface area contributed by atoms with Crippen LogP contribution in [0.25, 0.3) is 22.4 Å². The van der Waals surface area contributed by atoms with E-state index in [1.807, 2.05) is 35.1 Å². The number of para-hydroxylation sites is 2. The maximum absolute atomic E-state index is 5.53. The van der Waals surface area contributed by atoms with Gasteiger partial charge in [0.15, 0.2) is 5.52 Å². The van der Waals surface area contributed by atoms with E-state index in [4.69, 9.17) is 4.84 Å². The van der Waals surface area contributed by atoms with Crippen LogP contribution in [0.2, 0.25) is 0 Å². The Morgan fingerprint density at radius 1 is 0.944 bits per heavy atom. The van der Waals surface area contributed by atoms with Crippen molar-refractivity contribution in [2.75, 3.05) is 7.11 Å². The monoisotopic (exact) mass is 239 g/mol. The molecule has 0 aliphatic rings. The summed E-state index contributed by atoms with van der Waals surface area (Å²) in [7, 11) is 3.75. The maximum Gasteiger partial charge on any atom is 0.329 e. The highest BCUT2D eigenvalue weighted by molar-refractivity contribution is 5.75. The van der Waals surface area contributed by atoms with Crippen LogP contribution in [-0.4, -0.2) is 11.8 Å². The molecule has 3 nitrogen and oxygen atoms in total. The highest BCUT2D eigenvalue weighted by atomic mass is 16.6. The summed E-state index contributed by atoms with van der Waals surface area (Å²) in [6.45, 7) is 0. The Bertz CT molecular complexity index is 686. The lowest BCUT2D eigenvalue weighted by Crippen LogP contribution is -2.30. The van der Waals surface area contributed by atoms with E-state index in [2.05, 4.69) is 35.9 Å². The number of hydrogen-bond donors (Lipinski definition) is 0. The van der Waals surface area contributed by atoms with Gasteiger partial charge in [-0.2, -0.15) is 0 Å². The molecule has 0 amide bonds. The summed E-state index contributed by atoms with van der Waals surface area (Å²) in [5.74, 6) is 1.04. The van der Waals surface area contributed by atoms with Crippen LogP contribution < -0.4 is 9.40 Å². The average Bonchev–Trinajstić information content (AvgIpc) is 2.73. The maximum atomic E-state index is 5.53. The molecule has 0 saturated heterocycles. The van der Waals surface area contributed by atoms with E-state index < -0.39 is 0 Å². The van der Waals surface area contributed by atoms with E-state index in [9.17, 15) is 0 Å². The molecule has 0 aliphatic heterocycles. The minimum Gasteiger partial charge on any atom is -0.338 e. The van der Waals surface area contributed by atoms with Crippen LogP contribution in [0.1, 0.15) is 0 Å². The van der Waals surface area contributed by atoms with Crippen molar-refractivity contribution in [3.8, 4) is 11.4 Å². The van der Waals surface area contributed by atoms with Gasteiger partial charge in [0.1, 0.15) is 7.11 Å². The first-order valence-corrected chi connectivity index (χ1v) is 5.92. The Hall–Kier alpha value is -2.29. The fourth-order valence-electron chi connectivity index (χ4n) is 2.37. The molecule has 0 unspecified atom stereocenters. The molecular weight excluding hydrogens is 224 g/mol. The van der Waals surface area contributed by atoms with E-state index >= 15 is 0 Å². The van der Waals surface area contributed by atoms with Crippen LogP contribution >= 0.6 is 0 Å². The number of aryl methyl sites for hydroxylation is 1. The lowest BCUT2D eigenvalue weighted by Gasteiger charge is -1.99. The zero-order valence-electron chi connectivity index (χ0n) is 10.5. The first-order valence-electron chi connectivity index (χ1n) is 5.92. The molecule has 0 N–H and O–H groups in total. The van der Waals surface area contributed by atoms with Crippen LogP contribution in [-0.2, 0) is 7.05 Å². The standard InChI is InChI=1S/C15H15N2O/c1-16-13-10-6-7-11-14(13)17(18-2)15(16)12-8-4-3-5-9-12/h3-11H,1-2H3/q+1. The van der Waals surface area contributed by atoms with Crippen molar-refractivity contribution in [3.05, 3.63) is 54.6 Å². The molecule has 0 aliphatic carbocycles. The minimum atomic E-state index is 1.04. The van der Waals surface area contributed by atoms with E-state index in [1.165, 1.54) is 0 Å². The summed E-state index contributed by atoms with van der Waals surface area (Å²) >= 11 is 0. The van der Waals surface area contributed by atoms with Gasteiger partial charge in [0.05, 0.1) is 12.6 Å². The normalized spacial score (nSPS) is 10.8. The largest absolute Gasteiger partial charge is 0.338 e. The van der Waals surface area contributed by atoms with Gasteiger partial charge < -0.3 is 4.84 Å². The fraction of sp³-hybridized carbons (Fsp3) is 0.133. The van der Waals surface area contributed by atoms with Gasteiger partial charge in [-0.05, 0) is 29.0 Å². The third kappa shape index (κ3) is 1.48. The SMILES string of the molecule is COn1c(-c2ccccc2)[n+](C)c2ccccc21. The van der Waals surface area contributed by atoms with Gasteiger partial charge in [0.2, 0.25) is 5.52 Å². The van der Waals surface area contributed by atoms with Crippen LogP contribution in [0.15, 0.2) is 54.6 Å². The van der Waals surface area contributed by atoms with Gasteiger partial charge in [0, 0.05) is 0 Å². The molecule has 0 spiro atoms. The molecule has 1 heterocycles. The van der Waals surface area contributed by atoms with Gasteiger partial charge in [0.25, 0.3) is 0 Å². The molecule has 1 aromatic heterocycles. The third-order valence-corrected chi connectivity index (χ3v) is 3.19. The molecule has 0 fully saturated rings. The predicted molar refractivity (Wildman–Crippen MR) is 71.1 cm³/mol. The Kier molecular flexibility index (Phi) is 2.52. The summed E-state index contributed by atoms with van der Waals surface area (Å²) < 4.78 is 4.01. The fourth-order valence-corrected chi connectivity index (χ4v) is 2.37. The van der Waals surface area contributed by atoms with Crippen molar-refractivity contribution in [2.24, 2.45) is 7.05 Å². The Balaban J connectivity index is 2.38. The summed E-state index contributed by atoms with van der Waals surface area (Å²) in [4.78, 5) is 5.53. The zero-order chi connectivity index (χ0) is 12.5. The number of rotatable bonds is 2. The van der Waals surface area contributed by atoms with Crippen molar-refractivity contribution in [3.63, 3.8) is 0 Å². The number of aromatic nitrogens is 2. The molecule has 0 atom stereocenters. The molecule has 0 bridgehead atoms. The van der Waals surface area contributed by atoms with Gasteiger partial charge in [-0.25, -0.2) is 4.57 Å². The number of fused-ring (bicyclic) bond motifs is 1. The predicted octanol–water partition coefficient (Wildman–Crippen LogP) is 2.19. The van der Waals surface area contributed by atoms with Crippen molar-refractivity contribution in [1.82, 2.24) is 4.73 Å². The molecule has 18 heavy (non-hydrogen) atoms. The van der Waals surface area contributed by atoms with Crippen LogP contribution in [0, 0.1) is 0 Å². The molecule has 2 aromatic carbocycles. The third-order valence-electron chi connectivity index (χ3n) is 3.19. The molecular formula is C15H15N2O+. The van der Waals surface area contributed by atoms with E-state index in [0.29, 0.717) is 0 Å². The van der Waals surface area contributed by atoms with Gasteiger partial charge >= 0.3 is 5.82 Å². The van der Waals surface area contributed by atoms with Gasteiger partial charge in [-0.1, -0.05) is 30.3 Å². The van der Waals surface area contributed by atoms with Crippen LogP contribution in [0.4, 0.5) is 0 Å². The molecule has 3 rings (SSSR count). The smallest absolute Gasteiger partial charge is 0.329 e. The first kappa shape index (κ1) is 10.8. The molecule has 3 aromatic rings. The van der Waals surface area contributed by atoms with Crippen molar-refractivity contribution >= 4 is 11.0 Å². The summed E-state index contributed by atoms with van der Waals surface area (Å²) in [6, 6.07) is 18.5. The Morgan fingerprint density at radius 2 is 1.61 bits per heavy atom. The summed E-state index contributed by atoms with van der Waals surface area (Å²) in [5.41, 5.74) is 3.36. The number of nitrogens with zero attached hydrogens (tertiary/aromatic N) is 2. The number of imidazole rings is 1. The highest BCUT2D eigenvalue weighted by Gasteiger charge is 2.24.